The third-order valence-corrected chi connectivity index (χ3v) is 5.57. The Balaban J connectivity index is 1.24. The van der Waals surface area contributed by atoms with Crippen LogP contribution >= 0.6 is 0 Å². The lowest BCUT2D eigenvalue weighted by atomic mass is 9.97. The van der Waals surface area contributed by atoms with E-state index in [-0.39, 0.29) is 31.0 Å². The van der Waals surface area contributed by atoms with Gasteiger partial charge >= 0.3 is 5.97 Å². The average molecular weight is 407 g/mol. The predicted molar refractivity (Wildman–Crippen MR) is 112 cm³/mol. The van der Waals surface area contributed by atoms with Crippen LogP contribution in [0, 0.1) is 12.8 Å². The Labute approximate surface area is 175 Å². The van der Waals surface area contributed by atoms with Crippen molar-refractivity contribution < 1.29 is 23.5 Å². The fourth-order valence-electron chi connectivity index (χ4n) is 3.73. The first-order valence-electron chi connectivity index (χ1n) is 10.2. The largest absolute Gasteiger partial charge is 0.484 e. The molecule has 0 saturated carbocycles. The summed E-state index contributed by atoms with van der Waals surface area (Å²) in [5, 5.41) is 1.04. The standard InChI is InChI=1S/C24H25NO5/c1-17-20-9-5-6-10-21(20)30-22(17)15-29-24(27)18-11-13-25(14-12-18)23(26)16-28-19-7-3-2-4-8-19/h2-10,18H,11-16H2,1H3. The molecular weight excluding hydrogens is 382 g/mol. The maximum Gasteiger partial charge on any atom is 0.309 e. The molecule has 1 aromatic heterocycles. The molecule has 0 radical (unpaired) electrons. The van der Waals surface area contributed by atoms with Crippen LogP contribution in [0.4, 0.5) is 0 Å². The number of fused-ring (bicyclic) bond motifs is 1. The molecule has 0 unspecified atom stereocenters. The molecule has 0 bridgehead atoms. The summed E-state index contributed by atoms with van der Waals surface area (Å²) in [7, 11) is 0. The zero-order chi connectivity index (χ0) is 20.9. The van der Waals surface area contributed by atoms with Crippen molar-refractivity contribution in [2.24, 2.45) is 5.92 Å². The monoisotopic (exact) mass is 407 g/mol. The molecule has 1 amide bonds. The van der Waals surface area contributed by atoms with Gasteiger partial charge in [0.25, 0.3) is 5.91 Å². The summed E-state index contributed by atoms with van der Waals surface area (Å²) in [6, 6.07) is 17.0. The molecule has 2 heterocycles. The average Bonchev–Trinajstić information content (AvgIpc) is 3.12. The molecule has 1 fully saturated rings. The van der Waals surface area contributed by atoms with Crippen molar-refractivity contribution in [2.75, 3.05) is 19.7 Å². The smallest absolute Gasteiger partial charge is 0.309 e. The number of likely N-dealkylation sites (tertiary alicyclic amines) is 1. The van der Waals surface area contributed by atoms with Gasteiger partial charge in [-0.15, -0.1) is 0 Å². The minimum absolute atomic E-state index is 0.00442. The van der Waals surface area contributed by atoms with Gasteiger partial charge in [0.15, 0.2) is 6.61 Å². The van der Waals surface area contributed by atoms with Crippen molar-refractivity contribution in [3.63, 3.8) is 0 Å². The van der Waals surface area contributed by atoms with Crippen LogP contribution in [0.15, 0.2) is 59.0 Å². The third kappa shape index (κ3) is 4.48. The number of amides is 1. The van der Waals surface area contributed by atoms with Crippen LogP contribution in [0.1, 0.15) is 24.2 Å². The van der Waals surface area contributed by atoms with Crippen molar-refractivity contribution in [1.29, 1.82) is 0 Å². The molecule has 1 aliphatic rings. The highest BCUT2D eigenvalue weighted by Crippen LogP contribution is 2.26. The molecule has 0 atom stereocenters. The first-order valence-corrected chi connectivity index (χ1v) is 10.2. The molecule has 1 saturated heterocycles. The molecule has 3 aromatic rings. The summed E-state index contributed by atoms with van der Waals surface area (Å²) in [4.78, 5) is 26.6. The number of aryl methyl sites for hydroxylation is 1. The molecule has 0 N–H and O–H groups in total. The summed E-state index contributed by atoms with van der Waals surface area (Å²) >= 11 is 0. The fourth-order valence-corrected chi connectivity index (χ4v) is 3.73. The van der Waals surface area contributed by atoms with Gasteiger partial charge < -0.3 is 18.8 Å². The lowest BCUT2D eigenvalue weighted by molar-refractivity contribution is -0.153. The van der Waals surface area contributed by atoms with E-state index in [0.29, 0.717) is 37.4 Å². The lowest BCUT2D eigenvalue weighted by Gasteiger charge is -2.30. The van der Waals surface area contributed by atoms with Crippen LogP contribution in [-0.2, 0) is 20.9 Å². The number of nitrogens with zero attached hydrogens (tertiary/aromatic N) is 1. The second-order valence-electron chi connectivity index (χ2n) is 7.51. The molecule has 4 rings (SSSR count). The number of carbonyl (C=O) groups excluding carboxylic acids is 2. The number of hydrogen-bond acceptors (Lipinski definition) is 5. The van der Waals surface area contributed by atoms with Crippen molar-refractivity contribution in [1.82, 2.24) is 4.90 Å². The molecule has 2 aromatic carbocycles. The van der Waals surface area contributed by atoms with E-state index in [4.69, 9.17) is 13.9 Å². The Bertz CT molecular complexity index is 1020. The van der Waals surface area contributed by atoms with Crippen LogP contribution < -0.4 is 4.74 Å². The highest BCUT2D eigenvalue weighted by molar-refractivity contribution is 5.82. The van der Waals surface area contributed by atoms with Gasteiger partial charge in [-0.25, -0.2) is 0 Å². The SMILES string of the molecule is Cc1c(COC(=O)C2CCN(C(=O)COc3ccccc3)CC2)oc2ccccc12. The second kappa shape index (κ2) is 9.03. The van der Waals surface area contributed by atoms with Crippen molar-refractivity contribution >= 4 is 22.8 Å². The summed E-state index contributed by atoms with van der Waals surface area (Å²) in [6.07, 6.45) is 1.18. The van der Waals surface area contributed by atoms with Gasteiger partial charge in [-0.05, 0) is 38.0 Å². The number of rotatable bonds is 6. The van der Waals surface area contributed by atoms with E-state index >= 15 is 0 Å². The van der Waals surface area contributed by atoms with Crippen molar-refractivity contribution in [3.8, 4) is 5.75 Å². The number of carbonyl (C=O) groups is 2. The minimum atomic E-state index is -0.234. The van der Waals surface area contributed by atoms with Gasteiger partial charge in [0, 0.05) is 24.0 Å². The first-order chi connectivity index (χ1) is 14.6. The van der Waals surface area contributed by atoms with Gasteiger partial charge in [-0.3, -0.25) is 9.59 Å². The number of benzene rings is 2. The van der Waals surface area contributed by atoms with E-state index in [1.54, 1.807) is 4.90 Å². The summed E-state index contributed by atoms with van der Waals surface area (Å²) in [5.74, 6) is 0.847. The number of furan rings is 1. The number of para-hydroxylation sites is 2. The second-order valence-corrected chi connectivity index (χ2v) is 7.51. The Morgan fingerprint density at radius 1 is 1.03 bits per heavy atom. The van der Waals surface area contributed by atoms with Gasteiger partial charge in [0.2, 0.25) is 0 Å². The molecule has 6 nitrogen and oxygen atoms in total. The zero-order valence-corrected chi connectivity index (χ0v) is 17.0. The Kier molecular flexibility index (Phi) is 6.02. The zero-order valence-electron chi connectivity index (χ0n) is 17.0. The summed E-state index contributed by atoms with van der Waals surface area (Å²) < 4.78 is 16.8. The van der Waals surface area contributed by atoms with Crippen LogP contribution in [0.2, 0.25) is 0 Å². The minimum Gasteiger partial charge on any atom is -0.484 e. The molecular formula is C24H25NO5. The number of piperidine rings is 1. The summed E-state index contributed by atoms with van der Waals surface area (Å²) in [5.41, 5.74) is 1.79. The van der Waals surface area contributed by atoms with E-state index in [9.17, 15) is 9.59 Å². The lowest BCUT2D eigenvalue weighted by Crippen LogP contribution is -2.42. The van der Waals surface area contributed by atoms with Crippen LogP contribution in [0.3, 0.4) is 0 Å². The molecule has 30 heavy (non-hydrogen) atoms. The van der Waals surface area contributed by atoms with Crippen LogP contribution in [0.5, 0.6) is 5.75 Å². The van der Waals surface area contributed by atoms with E-state index in [2.05, 4.69) is 0 Å². The Hall–Kier alpha value is -3.28. The number of hydrogen-bond donors (Lipinski definition) is 0. The van der Waals surface area contributed by atoms with Crippen molar-refractivity contribution in [2.45, 2.75) is 26.4 Å². The van der Waals surface area contributed by atoms with Gasteiger partial charge in [0.1, 0.15) is 23.7 Å². The third-order valence-electron chi connectivity index (χ3n) is 5.57. The maximum absolute atomic E-state index is 12.5. The highest BCUT2D eigenvalue weighted by atomic mass is 16.5. The van der Waals surface area contributed by atoms with E-state index < -0.39 is 0 Å². The first kappa shape index (κ1) is 20.0. The Morgan fingerprint density at radius 3 is 2.47 bits per heavy atom. The van der Waals surface area contributed by atoms with Gasteiger partial charge in [-0.1, -0.05) is 36.4 Å². The molecule has 6 heteroatoms. The van der Waals surface area contributed by atoms with Crippen LogP contribution in [-0.4, -0.2) is 36.5 Å². The number of esters is 1. The Morgan fingerprint density at radius 2 is 1.73 bits per heavy atom. The fraction of sp³-hybridized carbons (Fsp3) is 0.333. The normalized spacial score (nSPS) is 14.6. The topological polar surface area (TPSA) is 69.0 Å². The maximum atomic E-state index is 12.5. The number of ether oxygens (including phenoxy) is 2. The molecule has 156 valence electrons. The van der Waals surface area contributed by atoms with Gasteiger partial charge in [0.05, 0.1) is 5.92 Å². The van der Waals surface area contributed by atoms with E-state index in [0.717, 1.165) is 16.5 Å². The van der Waals surface area contributed by atoms with E-state index in [1.807, 2.05) is 61.5 Å². The molecule has 0 spiro atoms. The van der Waals surface area contributed by atoms with Crippen molar-refractivity contribution in [3.05, 3.63) is 65.9 Å². The molecule has 1 aliphatic heterocycles. The summed E-state index contributed by atoms with van der Waals surface area (Å²) in [6.45, 7) is 3.16. The van der Waals surface area contributed by atoms with E-state index in [1.165, 1.54) is 0 Å². The molecule has 0 aliphatic carbocycles. The predicted octanol–water partition coefficient (Wildman–Crippen LogP) is 4.10. The highest BCUT2D eigenvalue weighted by Gasteiger charge is 2.29. The van der Waals surface area contributed by atoms with Gasteiger partial charge in [-0.2, -0.15) is 0 Å². The van der Waals surface area contributed by atoms with Crippen LogP contribution in [0.25, 0.3) is 11.0 Å². The quantitative estimate of drug-likeness (QED) is 0.576.